The molecule has 41 heavy (non-hydrogen) atoms. The Hall–Kier alpha value is -4.88. The first-order valence-electron chi connectivity index (χ1n) is 13.8. The van der Waals surface area contributed by atoms with Gasteiger partial charge in [0, 0.05) is 68.2 Å². The average molecular weight is 549 g/mol. The first-order chi connectivity index (χ1) is 20.0. The van der Waals surface area contributed by atoms with Crippen molar-refractivity contribution >= 4 is 45.5 Å². The number of urea groups is 1. The van der Waals surface area contributed by atoms with Gasteiger partial charge in [0.1, 0.15) is 5.65 Å². The van der Waals surface area contributed by atoms with Gasteiger partial charge in [0.05, 0.1) is 28.6 Å². The Labute approximate surface area is 235 Å². The van der Waals surface area contributed by atoms with Gasteiger partial charge in [-0.05, 0) is 48.6 Å². The number of nitrogens with one attached hydrogen (secondary N) is 1. The summed E-state index contributed by atoms with van der Waals surface area (Å²) in [4.78, 5) is 48.1. The standard InChI is InChI=1S/C31H28N6O4/c1-2-19-13-21-16-36(31(41)34-9-6-20(18-38)7-10-34)12-11-35-17-23(22(14-19)28(21)35)26-27(30(40)33-29(26)39)24-15-32-25-5-3-4-8-37(24)25/h1,3-5,8,13-15,17,20,38H,6-7,9-12,16,18H2,(H,33,39,40). The van der Waals surface area contributed by atoms with Crippen molar-refractivity contribution < 1.29 is 19.5 Å². The summed E-state index contributed by atoms with van der Waals surface area (Å²) in [5, 5.41) is 12.7. The fraction of sp³-hybridized carbons (Fsp3) is 0.290. The van der Waals surface area contributed by atoms with Crippen LogP contribution in [0.3, 0.4) is 0 Å². The third-order valence-electron chi connectivity index (χ3n) is 8.48. The van der Waals surface area contributed by atoms with E-state index in [1.165, 1.54) is 0 Å². The molecule has 0 spiro atoms. The maximum atomic E-state index is 13.5. The smallest absolute Gasteiger partial charge is 0.320 e. The van der Waals surface area contributed by atoms with Crippen molar-refractivity contribution in [2.45, 2.75) is 25.9 Å². The lowest BCUT2D eigenvalue weighted by Gasteiger charge is -2.35. The molecule has 3 aliphatic rings. The summed E-state index contributed by atoms with van der Waals surface area (Å²) in [7, 11) is 0. The van der Waals surface area contributed by atoms with E-state index in [4.69, 9.17) is 6.42 Å². The van der Waals surface area contributed by atoms with Gasteiger partial charge in [-0.15, -0.1) is 6.42 Å². The number of likely N-dealkylation sites (tertiary alicyclic amines) is 1. The normalized spacial score (nSPS) is 17.9. The number of aromatic nitrogens is 3. The molecule has 10 nitrogen and oxygen atoms in total. The number of imide groups is 1. The number of rotatable bonds is 3. The first kappa shape index (κ1) is 25.1. The minimum absolute atomic E-state index is 0.0231. The highest BCUT2D eigenvalue weighted by atomic mass is 16.3. The lowest BCUT2D eigenvalue weighted by atomic mass is 9.96. The zero-order chi connectivity index (χ0) is 28.2. The highest BCUT2D eigenvalue weighted by molar-refractivity contribution is 6.49. The molecule has 3 aromatic heterocycles. The number of amides is 4. The predicted molar refractivity (Wildman–Crippen MR) is 152 cm³/mol. The maximum absolute atomic E-state index is 13.5. The number of nitrogens with zero attached hydrogens (tertiary/aromatic N) is 5. The van der Waals surface area contributed by atoms with Crippen LogP contribution < -0.4 is 5.32 Å². The summed E-state index contributed by atoms with van der Waals surface area (Å²) >= 11 is 0. The number of terminal acetylenes is 1. The van der Waals surface area contributed by atoms with E-state index in [0.717, 1.165) is 29.3 Å². The maximum Gasteiger partial charge on any atom is 0.320 e. The second-order valence-electron chi connectivity index (χ2n) is 10.8. The zero-order valence-corrected chi connectivity index (χ0v) is 22.3. The first-order valence-corrected chi connectivity index (χ1v) is 13.8. The molecule has 0 bridgehead atoms. The lowest BCUT2D eigenvalue weighted by Crippen LogP contribution is -2.47. The van der Waals surface area contributed by atoms with Crippen LogP contribution in [0.4, 0.5) is 4.79 Å². The highest BCUT2D eigenvalue weighted by Crippen LogP contribution is 2.38. The number of piperidine rings is 1. The number of carbonyl (C=O) groups excluding carboxylic acids is 3. The fourth-order valence-electron chi connectivity index (χ4n) is 6.37. The summed E-state index contributed by atoms with van der Waals surface area (Å²) < 4.78 is 3.85. The Morgan fingerprint density at radius 2 is 1.88 bits per heavy atom. The Balaban J connectivity index is 1.33. The van der Waals surface area contributed by atoms with Crippen LogP contribution in [-0.4, -0.2) is 72.9 Å². The summed E-state index contributed by atoms with van der Waals surface area (Å²) in [5.74, 6) is 2.02. The summed E-state index contributed by atoms with van der Waals surface area (Å²) in [6, 6.07) is 9.32. The number of hydrogen-bond acceptors (Lipinski definition) is 5. The molecule has 10 heteroatoms. The van der Waals surface area contributed by atoms with Gasteiger partial charge in [-0.2, -0.15) is 0 Å². The molecule has 0 aliphatic carbocycles. The lowest BCUT2D eigenvalue weighted by molar-refractivity contribution is -0.122. The molecule has 3 aliphatic heterocycles. The minimum Gasteiger partial charge on any atom is -0.396 e. The van der Waals surface area contributed by atoms with Crippen LogP contribution in [0.25, 0.3) is 27.7 Å². The molecule has 7 rings (SSSR count). The predicted octanol–water partition coefficient (Wildman–Crippen LogP) is 2.48. The second kappa shape index (κ2) is 9.64. The van der Waals surface area contributed by atoms with E-state index >= 15 is 0 Å². The monoisotopic (exact) mass is 548 g/mol. The average Bonchev–Trinajstić information content (AvgIpc) is 3.62. The van der Waals surface area contributed by atoms with Crippen LogP contribution in [0, 0.1) is 18.3 Å². The number of carbonyl (C=O) groups is 3. The molecule has 4 amide bonds. The van der Waals surface area contributed by atoms with Crippen LogP contribution in [0.2, 0.25) is 0 Å². The zero-order valence-electron chi connectivity index (χ0n) is 22.3. The number of fused-ring (bicyclic) bond motifs is 1. The number of benzene rings is 1. The summed E-state index contributed by atoms with van der Waals surface area (Å²) in [6.07, 6.45) is 12.8. The number of hydrogen-bond donors (Lipinski definition) is 2. The molecule has 206 valence electrons. The Morgan fingerprint density at radius 3 is 2.66 bits per heavy atom. The fourth-order valence-corrected chi connectivity index (χ4v) is 6.37. The molecular formula is C31H28N6O4. The van der Waals surface area contributed by atoms with Crippen molar-refractivity contribution in [1.82, 2.24) is 29.1 Å². The van der Waals surface area contributed by atoms with E-state index in [2.05, 4.69) is 20.8 Å². The van der Waals surface area contributed by atoms with Crippen LogP contribution in [-0.2, 0) is 22.7 Å². The topological polar surface area (TPSA) is 112 Å². The molecule has 6 heterocycles. The summed E-state index contributed by atoms with van der Waals surface area (Å²) in [5.41, 5.74) is 4.78. The van der Waals surface area contributed by atoms with Crippen LogP contribution in [0.15, 0.2) is 48.9 Å². The van der Waals surface area contributed by atoms with E-state index in [1.54, 1.807) is 10.6 Å². The van der Waals surface area contributed by atoms with Gasteiger partial charge in [-0.1, -0.05) is 12.0 Å². The molecule has 0 radical (unpaired) electrons. The van der Waals surface area contributed by atoms with E-state index in [9.17, 15) is 19.5 Å². The third-order valence-corrected chi connectivity index (χ3v) is 8.48. The van der Waals surface area contributed by atoms with Crippen molar-refractivity contribution in [2.75, 3.05) is 26.2 Å². The molecule has 0 atom stereocenters. The molecule has 1 aromatic carbocycles. The van der Waals surface area contributed by atoms with E-state index in [-0.39, 0.29) is 29.7 Å². The molecule has 0 saturated carbocycles. The van der Waals surface area contributed by atoms with Gasteiger partial charge in [-0.3, -0.25) is 19.3 Å². The Bertz CT molecular complexity index is 1830. The Kier molecular flexibility index (Phi) is 5.91. The van der Waals surface area contributed by atoms with Crippen molar-refractivity contribution in [3.63, 3.8) is 0 Å². The molecular weight excluding hydrogens is 520 g/mol. The van der Waals surface area contributed by atoms with E-state index < -0.39 is 11.8 Å². The van der Waals surface area contributed by atoms with Gasteiger partial charge in [0.25, 0.3) is 11.8 Å². The van der Waals surface area contributed by atoms with Crippen molar-refractivity contribution in [3.8, 4) is 12.3 Å². The van der Waals surface area contributed by atoms with E-state index in [0.29, 0.717) is 55.2 Å². The van der Waals surface area contributed by atoms with Gasteiger partial charge < -0.3 is 19.5 Å². The number of aliphatic hydroxyl groups excluding tert-OH is 1. The van der Waals surface area contributed by atoms with Crippen molar-refractivity contribution in [3.05, 3.63) is 71.3 Å². The summed E-state index contributed by atoms with van der Waals surface area (Å²) in [6.45, 7) is 2.77. The largest absolute Gasteiger partial charge is 0.396 e. The van der Waals surface area contributed by atoms with Gasteiger partial charge >= 0.3 is 6.03 Å². The van der Waals surface area contributed by atoms with Crippen LogP contribution >= 0.6 is 0 Å². The number of pyridine rings is 1. The molecule has 1 fully saturated rings. The minimum atomic E-state index is -0.473. The van der Waals surface area contributed by atoms with E-state index in [1.807, 2.05) is 52.5 Å². The molecule has 1 saturated heterocycles. The molecule has 4 aromatic rings. The van der Waals surface area contributed by atoms with Crippen molar-refractivity contribution in [1.29, 1.82) is 0 Å². The van der Waals surface area contributed by atoms with Gasteiger partial charge in [0.2, 0.25) is 0 Å². The Morgan fingerprint density at radius 1 is 1.07 bits per heavy atom. The SMILES string of the molecule is C#Cc1cc2c3c(c1)c(C1=C(c4cnc5ccccn45)C(=O)NC1=O)cn3CCN(C(=O)N1CCC(CO)CC1)C2. The van der Waals surface area contributed by atoms with Crippen molar-refractivity contribution in [2.24, 2.45) is 5.92 Å². The van der Waals surface area contributed by atoms with Crippen LogP contribution in [0.1, 0.15) is 35.2 Å². The number of aliphatic hydroxyl groups is 1. The molecule has 2 N–H and O–H groups in total. The highest BCUT2D eigenvalue weighted by Gasteiger charge is 2.36. The third kappa shape index (κ3) is 4.00. The van der Waals surface area contributed by atoms with Crippen LogP contribution in [0.5, 0.6) is 0 Å². The number of imidazole rings is 1. The molecule has 0 unspecified atom stereocenters. The second-order valence-corrected chi connectivity index (χ2v) is 10.8. The van der Waals surface area contributed by atoms with Gasteiger partial charge in [0.15, 0.2) is 0 Å². The quantitative estimate of drug-likeness (QED) is 0.302. The van der Waals surface area contributed by atoms with Gasteiger partial charge in [-0.25, -0.2) is 9.78 Å².